The van der Waals surface area contributed by atoms with Crippen molar-refractivity contribution in [3.05, 3.63) is 59.4 Å². The third-order valence-electron chi connectivity index (χ3n) is 3.33. The van der Waals surface area contributed by atoms with E-state index in [1.807, 2.05) is 24.3 Å². The summed E-state index contributed by atoms with van der Waals surface area (Å²) < 4.78 is 13.2. The zero-order valence-electron chi connectivity index (χ0n) is 13.6. The summed E-state index contributed by atoms with van der Waals surface area (Å²) in [6.45, 7) is 0.464. The van der Waals surface area contributed by atoms with Crippen LogP contribution in [0.1, 0.15) is 0 Å². The lowest BCUT2D eigenvalue weighted by Gasteiger charge is -2.04. The zero-order chi connectivity index (χ0) is 18.4. The third kappa shape index (κ3) is 5.27. The lowest BCUT2D eigenvalue weighted by Crippen LogP contribution is -2.30. The molecule has 0 fully saturated rings. The summed E-state index contributed by atoms with van der Waals surface area (Å²) >= 11 is 7.46. The molecular formula is C17H15ClFN5OS. The van der Waals surface area contributed by atoms with Crippen molar-refractivity contribution < 1.29 is 9.18 Å². The molecule has 0 atom stereocenters. The van der Waals surface area contributed by atoms with E-state index in [1.165, 1.54) is 16.9 Å². The van der Waals surface area contributed by atoms with Gasteiger partial charge in [0.1, 0.15) is 12.4 Å². The summed E-state index contributed by atoms with van der Waals surface area (Å²) in [6, 6.07) is 13.4. The van der Waals surface area contributed by atoms with Crippen LogP contribution < -0.4 is 5.32 Å². The second-order valence-corrected chi connectivity index (χ2v) is 6.91. The predicted octanol–water partition coefficient (Wildman–Crippen LogP) is 3.04. The fourth-order valence-corrected chi connectivity index (χ4v) is 3.02. The molecule has 0 radical (unpaired) electrons. The highest BCUT2D eigenvalue weighted by Crippen LogP contribution is 2.19. The average molecular weight is 392 g/mol. The molecule has 6 nitrogen and oxygen atoms in total. The molecule has 1 amide bonds. The molecule has 26 heavy (non-hydrogen) atoms. The van der Waals surface area contributed by atoms with Crippen LogP contribution in [0.2, 0.25) is 5.02 Å². The Morgan fingerprint density at radius 3 is 2.81 bits per heavy atom. The van der Waals surface area contributed by atoms with Gasteiger partial charge in [0.2, 0.25) is 11.7 Å². The number of rotatable bonds is 7. The van der Waals surface area contributed by atoms with Gasteiger partial charge in [-0.1, -0.05) is 23.7 Å². The first kappa shape index (κ1) is 18.3. The maximum Gasteiger partial charge on any atom is 0.243 e. The Bertz CT molecular complexity index is 887. The van der Waals surface area contributed by atoms with Crippen LogP contribution in [0.15, 0.2) is 53.4 Å². The number of carbonyl (C=O) groups is 1. The second-order valence-electron chi connectivity index (χ2n) is 5.31. The van der Waals surface area contributed by atoms with E-state index in [1.54, 1.807) is 23.9 Å². The molecule has 0 aliphatic heterocycles. The number of nitrogens with one attached hydrogen (secondary N) is 1. The van der Waals surface area contributed by atoms with E-state index in [4.69, 9.17) is 11.6 Å². The van der Waals surface area contributed by atoms with Crippen LogP contribution in [-0.4, -0.2) is 38.4 Å². The summed E-state index contributed by atoms with van der Waals surface area (Å²) in [6.07, 6.45) is 0. The van der Waals surface area contributed by atoms with E-state index in [0.29, 0.717) is 17.1 Å². The number of carbonyl (C=O) groups excluding carboxylic acids is 1. The second kappa shape index (κ2) is 8.77. The van der Waals surface area contributed by atoms with Gasteiger partial charge in [-0.05, 0) is 41.6 Å². The van der Waals surface area contributed by atoms with Crippen molar-refractivity contribution in [3.63, 3.8) is 0 Å². The van der Waals surface area contributed by atoms with Crippen LogP contribution in [0.3, 0.4) is 0 Å². The summed E-state index contributed by atoms with van der Waals surface area (Å²) in [5, 5.41) is 15.3. The smallest absolute Gasteiger partial charge is 0.243 e. The van der Waals surface area contributed by atoms with Gasteiger partial charge in [0.25, 0.3) is 0 Å². The van der Waals surface area contributed by atoms with Crippen molar-refractivity contribution in [2.75, 3.05) is 12.3 Å². The number of hydrogen-bond acceptors (Lipinski definition) is 5. The van der Waals surface area contributed by atoms with Gasteiger partial charge in [-0.25, -0.2) is 4.39 Å². The Morgan fingerprint density at radius 2 is 2.04 bits per heavy atom. The molecule has 0 spiro atoms. The van der Waals surface area contributed by atoms with Gasteiger partial charge in [-0.3, -0.25) is 4.79 Å². The molecule has 134 valence electrons. The minimum Gasteiger partial charge on any atom is -0.354 e. The van der Waals surface area contributed by atoms with Crippen LogP contribution >= 0.6 is 23.4 Å². The van der Waals surface area contributed by atoms with Crippen LogP contribution in [-0.2, 0) is 11.3 Å². The minimum absolute atomic E-state index is 0.0477. The monoisotopic (exact) mass is 391 g/mol. The van der Waals surface area contributed by atoms with Crippen LogP contribution in [0.4, 0.5) is 4.39 Å². The topological polar surface area (TPSA) is 72.7 Å². The predicted molar refractivity (Wildman–Crippen MR) is 98.4 cm³/mol. The van der Waals surface area contributed by atoms with Gasteiger partial charge in [-0.15, -0.1) is 22.0 Å². The fourth-order valence-electron chi connectivity index (χ4n) is 2.13. The Kier molecular flexibility index (Phi) is 6.19. The maximum absolute atomic E-state index is 13.2. The highest BCUT2D eigenvalue weighted by atomic mass is 35.5. The highest BCUT2D eigenvalue weighted by molar-refractivity contribution is 7.99. The van der Waals surface area contributed by atoms with Gasteiger partial charge >= 0.3 is 0 Å². The highest BCUT2D eigenvalue weighted by Gasteiger charge is 2.09. The van der Waals surface area contributed by atoms with Crippen LogP contribution in [0, 0.1) is 5.82 Å². The minimum atomic E-state index is -0.380. The summed E-state index contributed by atoms with van der Waals surface area (Å²) in [7, 11) is 0. The van der Waals surface area contributed by atoms with Crippen molar-refractivity contribution >= 4 is 29.3 Å². The molecular weight excluding hydrogens is 377 g/mol. The molecule has 0 aliphatic carbocycles. The Hall–Kier alpha value is -2.45. The first-order valence-corrected chi connectivity index (χ1v) is 9.15. The Morgan fingerprint density at radius 1 is 1.23 bits per heavy atom. The van der Waals surface area contributed by atoms with Gasteiger partial charge in [0, 0.05) is 27.8 Å². The van der Waals surface area contributed by atoms with Crippen molar-refractivity contribution in [1.29, 1.82) is 0 Å². The quantitative estimate of drug-likeness (QED) is 0.495. The van der Waals surface area contributed by atoms with E-state index in [0.717, 1.165) is 10.6 Å². The Labute approximate surface area is 158 Å². The first-order chi connectivity index (χ1) is 12.6. The molecule has 2 aromatic carbocycles. The average Bonchev–Trinajstić information content (AvgIpc) is 3.09. The zero-order valence-corrected chi connectivity index (χ0v) is 15.2. The van der Waals surface area contributed by atoms with Gasteiger partial charge < -0.3 is 5.32 Å². The van der Waals surface area contributed by atoms with Crippen LogP contribution in [0.25, 0.3) is 11.4 Å². The fraction of sp³-hybridized carbons (Fsp3) is 0.176. The molecule has 3 aromatic rings. The van der Waals surface area contributed by atoms with E-state index in [-0.39, 0.29) is 24.1 Å². The largest absolute Gasteiger partial charge is 0.354 e. The number of amides is 1. The van der Waals surface area contributed by atoms with Crippen molar-refractivity contribution in [3.8, 4) is 11.4 Å². The van der Waals surface area contributed by atoms with E-state index >= 15 is 0 Å². The van der Waals surface area contributed by atoms with E-state index < -0.39 is 0 Å². The number of nitrogens with zero attached hydrogens (tertiary/aromatic N) is 4. The maximum atomic E-state index is 13.2. The van der Waals surface area contributed by atoms with Crippen molar-refractivity contribution in [2.45, 2.75) is 11.4 Å². The molecule has 0 saturated carbocycles. The van der Waals surface area contributed by atoms with Crippen molar-refractivity contribution in [2.24, 2.45) is 0 Å². The Balaban J connectivity index is 1.44. The standard InChI is InChI=1S/C17H15ClFN5OS/c18-13-4-6-15(7-5-13)26-9-8-20-16(25)11-24-22-17(21-23-24)12-2-1-3-14(19)10-12/h1-7,10H,8-9,11H2,(H,20,25). The number of hydrogen-bond donors (Lipinski definition) is 1. The van der Waals surface area contributed by atoms with Gasteiger partial charge in [0.05, 0.1) is 0 Å². The third-order valence-corrected chi connectivity index (χ3v) is 4.59. The molecule has 0 aliphatic rings. The molecule has 1 N–H and O–H groups in total. The summed E-state index contributed by atoms with van der Waals surface area (Å²) in [5.74, 6) is 0.405. The summed E-state index contributed by atoms with van der Waals surface area (Å²) in [5.41, 5.74) is 0.510. The first-order valence-electron chi connectivity index (χ1n) is 7.79. The number of tetrazole rings is 1. The molecule has 9 heteroatoms. The van der Waals surface area contributed by atoms with E-state index in [9.17, 15) is 9.18 Å². The number of halogens is 2. The van der Waals surface area contributed by atoms with Crippen molar-refractivity contribution in [1.82, 2.24) is 25.5 Å². The van der Waals surface area contributed by atoms with Gasteiger partial charge in [-0.2, -0.15) is 4.80 Å². The lowest BCUT2D eigenvalue weighted by atomic mass is 10.2. The molecule has 1 aromatic heterocycles. The van der Waals surface area contributed by atoms with Crippen LogP contribution in [0.5, 0.6) is 0 Å². The summed E-state index contributed by atoms with van der Waals surface area (Å²) in [4.78, 5) is 14.2. The van der Waals surface area contributed by atoms with Gasteiger partial charge in [0.15, 0.2) is 0 Å². The number of aromatic nitrogens is 4. The molecule has 0 bridgehead atoms. The molecule has 0 unspecified atom stereocenters. The SMILES string of the molecule is O=C(Cn1nnc(-c2cccc(F)c2)n1)NCCSc1ccc(Cl)cc1. The molecule has 1 heterocycles. The molecule has 3 rings (SSSR count). The number of thioether (sulfide) groups is 1. The lowest BCUT2D eigenvalue weighted by molar-refractivity contribution is -0.121. The van der Waals surface area contributed by atoms with E-state index in [2.05, 4.69) is 20.7 Å². The normalized spacial score (nSPS) is 10.7. The molecule has 0 saturated heterocycles. The number of benzene rings is 2.